The SMILES string of the molecule is O=C(Nc1ccc(Cl)cc1)c1ccc(C(=O)OC2CNN=C2c2ccc(F)cc2)cc1. The van der Waals surface area contributed by atoms with Gasteiger partial charge in [0.15, 0.2) is 6.10 Å². The molecule has 1 heterocycles. The number of esters is 1. The Hall–Kier alpha value is -3.71. The molecule has 1 aliphatic rings. The Labute approximate surface area is 182 Å². The van der Waals surface area contributed by atoms with Gasteiger partial charge in [-0.05, 0) is 60.7 Å². The molecule has 1 atom stereocenters. The highest BCUT2D eigenvalue weighted by molar-refractivity contribution is 6.30. The number of nitrogens with one attached hydrogen (secondary N) is 2. The minimum absolute atomic E-state index is 0.299. The van der Waals surface area contributed by atoms with E-state index in [-0.39, 0.29) is 11.7 Å². The average molecular weight is 438 g/mol. The lowest BCUT2D eigenvalue weighted by Crippen LogP contribution is -2.29. The van der Waals surface area contributed by atoms with Crippen molar-refractivity contribution in [2.24, 2.45) is 5.10 Å². The van der Waals surface area contributed by atoms with Gasteiger partial charge in [-0.1, -0.05) is 23.7 Å². The molecule has 0 saturated heterocycles. The molecule has 4 rings (SSSR count). The molecule has 0 spiro atoms. The van der Waals surface area contributed by atoms with Crippen LogP contribution in [0.15, 0.2) is 77.9 Å². The molecule has 0 saturated carbocycles. The van der Waals surface area contributed by atoms with Crippen LogP contribution >= 0.6 is 11.6 Å². The highest BCUT2D eigenvalue weighted by Gasteiger charge is 2.27. The van der Waals surface area contributed by atoms with E-state index in [1.165, 1.54) is 24.3 Å². The van der Waals surface area contributed by atoms with Crippen LogP contribution in [0.2, 0.25) is 5.02 Å². The van der Waals surface area contributed by atoms with E-state index in [1.807, 2.05) is 0 Å². The zero-order valence-electron chi connectivity index (χ0n) is 16.1. The average Bonchev–Trinajstić information content (AvgIpc) is 3.24. The molecule has 0 fully saturated rings. The number of amides is 1. The molecule has 3 aromatic rings. The lowest BCUT2D eigenvalue weighted by Gasteiger charge is -2.14. The molecule has 1 unspecified atom stereocenters. The number of benzene rings is 3. The summed E-state index contributed by atoms with van der Waals surface area (Å²) in [5.41, 5.74) is 5.29. The number of rotatable bonds is 5. The summed E-state index contributed by atoms with van der Waals surface area (Å²) >= 11 is 5.84. The van der Waals surface area contributed by atoms with Crippen molar-refractivity contribution in [3.8, 4) is 0 Å². The Balaban J connectivity index is 1.40. The quantitative estimate of drug-likeness (QED) is 0.584. The summed E-state index contributed by atoms with van der Waals surface area (Å²) in [6.07, 6.45) is -0.606. The zero-order chi connectivity index (χ0) is 21.8. The third kappa shape index (κ3) is 4.90. The van der Waals surface area contributed by atoms with Gasteiger partial charge in [-0.3, -0.25) is 4.79 Å². The largest absolute Gasteiger partial charge is 0.450 e. The fourth-order valence-electron chi connectivity index (χ4n) is 3.04. The van der Waals surface area contributed by atoms with Crippen LogP contribution in [0.25, 0.3) is 0 Å². The van der Waals surface area contributed by atoms with Gasteiger partial charge in [-0.25, -0.2) is 9.18 Å². The van der Waals surface area contributed by atoms with Crippen LogP contribution < -0.4 is 10.7 Å². The van der Waals surface area contributed by atoms with Crippen molar-refractivity contribution in [3.05, 3.63) is 100 Å². The van der Waals surface area contributed by atoms with Crippen molar-refractivity contribution in [2.45, 2.75) is 6.10 Å². The summed E-state index contributed by atoms with van der Waals surface area (Å²) in [6, 6.07) is 18.7. The number of carbonyl (C=O) groups is 2. The molecule has 3 aromatic carbocycles. The molecular weight excluding hydrogens is 421 g/mol. The second kappa shape index (κ2) is 8.97. The molecule has 8 heteroatoms. The number of ether oxygens (including phenoxy) is 1. The van der Waals surface area contributed by atoms with E-state index in [0.29, 0.717) is 39.7 Å². The fraction of sp³-hybridized carbons (Fsp3) is 0.0870. The van der Waals surface area contributed by atoms with Gasteiger partial charge in [0.25, 0.3) is 5.91 Å². The molecule has 0 aromatic heterocycles. The third-order valence-corrected chi connectivity index (χ3v) is 4.91. The van der Waals surface area contributed by atoms with E-state index in [1.54, 1.807) is 48.5 Å². The second-order valence-electron chi connectivity index (χ2n) is 6.80. The van der Waals surface area contributed by atoms with Gasteiger partial charge in [-0.2, -0.15) is 5.10 Å². The van der Waals surface area contributed by atoms with Crippen molar-refractivity contribution in [1.29, 1.82) is 0 Å². The summed E-state index contributed by atoms with van der Waals surface area (Å²) in [4.78, 5) is 24.9. The molecule has 0 bridgehead atoms. The molecule has 31 heavy (non-hydrogen) atoms. The molecule has 1 amide bonds. The van der Waals surface area contributed by atoms with Crippen LogP contribution in [0.5, 0.6) is 0 Å². The molecule has 0 aliphatic carbocycles. The Bertz CT molecular complexity index is 1130. The first-order valence-corrected chi connectivity index (χ1v) is 9.82. The summed E-state index contributed by atoms with van der Waals surface area (Å²) in [6.45, 7) is 0.319. The Morgan fingerprint density at radius 2 is 1.61 bits per heavy atom. The van der Waals surface area contributed by atoms with Gasteiger partial charge in [0, 0.05) is 21.8 Å². The smallest absolute Gasteiger partial charge is 0.338 e. The first-order valence-electron chi connectivity index (χ1n) is 9.44. The minimum Gasteiger partial charge on any atom is -0.450 e. The summed E-state index contributed by atoms with van der Waals surface area (Å²) in [5.74, 6) is -1.22. The molecule has 6 nitrogen and oxygen atoms in total. The van der Waals surface area contributed by atoms with Crippen molar-refractivity contribution in [1.82, 2.24) is 5.43 Å². The van der Waals surface area contributed by atoms with E-state index < -0.39 is 12.1 Å². The molecule has 2 N–H and O–H groups in total. The first kappa shape index (κ1) is 20.6. The van der Waals surface area contributed by atoms with Gasteiger partial charge in [0.1, 0.15) is 11.5 Å². The molecular formula is C23H17ClFN3O3. The monoisotopic (exact) mass is 437 g/mol. The summed E-state index contributed by atoms with van der Waals surface area (Å²) < 4.78 is 18.7. The second-order valence-corrected chi connectivity index (χ2v) is 7.23. The van der Waals surface area contributed by atoms with Gasteiger partial charge >= 0.3 is 5.97 Å². The van der Waals surface area contributed by atoms with Gasteiger partial charge in [0.2, 0.25) is 0 Å². The van der Waals surface area contributed by atoms with E-state index >= 15 is 0 Å². The van der Waals surface area contributed by atoms with Crippen molar-refractivity contribution in [2.75, 3.05) is 11.9 Å². The minimum atomic E-state index is -0.606. The number of hydrazone groups is 1. The predicted octanol–water partition coefficient (Wildman–Crippen LogP) is 4.26. The van der Waals surface area contributed by atoms with E-state index in [0.717, 1.165) is 0 Å². The molecule has 1 aliphatic heterocycles. The van der Waals surface area contributed by atoms with E-state index in [9.17, 15) is 14.0 Å². The highest BCUT2D eigenvalue weighted by Crippen LogP contribution is 2.17. The predicted molar refractivity (Wildman–Crippen MR) is 116 cm³/mol. The maximum atomic E-state index is 13.2. The number of anilines is 1. The van der Waals surface area contributed by atoms with Crippen LogP contribution in [0, 0.1) is 5.82 Å². The normalized spacial score (nSPS) is 15.0. The van der Waals surface area contributed by atoms with E-state index in [4.69, 9.17) is 16.3 Å². The summed E-state index contributed by atoms with van der Waals surface area (Å²) in [5, 5.41) is 7.48. The lowest BCUT2D eigenvalue weighted by molar-refractivity contribution is 0.0441. The number of halogens is 2. The Morgan fingerprint density at radius 1 is 0.968 bits per heavy atom. The Kier molecular flexibility index (Phi) is 5.95. The highest BCUT2D eigenvalue weighted by atomic mass is 35.5. The van der Waals surface area contributed by atoms with Gasteiger partial charge in [0.05, 0.1) is 12.1 Å². The number of hydrogen-bond acceptors (Lipinski definition) is 5. The topological polar surface area (TPSA) is 79.8 Å². The van der Waals surface area contributed by atoms with Crippen LogP contribution in [-0.4, -0.2) is 30.2 Å². The molecule has 0 radical (unpaired) electrons. The van der Waals surface area contributed by atoms with Gasteiger partial charge in [-0.15, -0.1) is 0 Å². The van der Waals surface area contributed by atoms with Crippen molar-refractivity contribution in [3.63, 3.8) is 0 Å². The number of carbonyl (C=O) groups excluding carboxylic acids is 2. The first-order chi connectivity index (χ1) is 15.0. The maximum Gasteiger partial charge on any atom is 0.338 e. The standard InChI is InChI=1S/C23H17ClFN3O3/c24-17-7-11-19(12-8-17)27-22(29)15-1-3-16(4-2-15)23(30)31-20-13-26-28-21(20)14-5-9-18(25)10-6-14/h1-12,20,26H,13H2,(H,27,29). The number of nitrogens with zero attached hydrogens (tertiary/aromatic N) is 1. The van der Waals surface area contributed by atoms with Crippen LogP contribution in [0.1, 0.15) is 26.3 Å². The van der Waals surface area contributed by atoms with Crippen LogP contribution in [0.3, 0.4) is 0 Å². The zero-order valence-corrected chi connectivity index (χ0v) is 16.9. The third-order valence-electron chi connectivity index (χ3n) is 4.66. The summed E-state index contributed by atoms with van der Waals surface area (Å²) in [7, 11) is 0. The number of hydrogen-bond donors (Lipinski definition) is 2. The van der Waals surface area contributed by atoms with Crippen molar-refractivity contribution >= 4 is 34.9 Å². The van der Waals surface area contributed by atoms with Gasteiger partial charge < -0.3 is 15.5 Å². The van der Waals surface area contributed by atoms with Crippen LogP contribution in [0.4, 0.5) is 10.1 Å². The fourth-order valence-corrected chi connectivity index (χ4v) is 3.17. The molecule has 156 valence electrons. The van der Waals surface area contributed by atoms with Crippen LogP contribution in [-0.2, 0) is 4.74 Å². The lowest BCUT2D eigenvalue weighted by atomic mass is 10.1. The van der Waals surface area contributed by atoms with E-state index in [2.05, 4.69) is 15.8 Å². The maximum absolute atomic E-state index is 13.2. The van der Waals surface area contributed by atoms with Crippen molar-refractivity contribution < 1.29 is 18.7 Å². The Morgan fingerprint density at radius 3 is 2.29 bits per heavy atom.